The van der Waals surface area contributed by atoms with Crippen molar-refractivity contribution in [1.29, 1.82) is 0 Å². The fourth-order valence-corrected chi connectivity index (χ4v) is 3.34. The number of nitrogens with zero attached hydrogens (tertiary/aromatic N) is 1. The first-order valence-electron chi connectivity index (χ1n) is 8.52. The van der Waals surface area contributed by atoms with Crippen LogP contribution in [-0.4, -0.2) is 47.3 Å². The van der Waals surface area contributed by atoms with Gasteiger partial charge < -0.3 is 24.6 Å². The Kier molecular flexibility index (Phi) is 5.61. The number of carbonyl (C=O) groups excluding carboxylic acids is 2. The predicted molar refractivity (Wildman–Crippen MR) is 96.0 cm³/mol. The lowest BCUT2D eigenvalue weighted by atomic mass is 9.88. The molecule has 142 valence electrons. The van der Waals surface area contributed by atoms with Crippen molar-refractivity contribution in [2.75, 3.05) is 13.7 Å². The molecule has 1 aliphatic heterocycles. The Balaban J connectivity index is 1.88. The summed E-state index contributed by atoms with van der Waals surface area (Å²) < 4.78 is 10.6. The standard InChI is InChI=1S/C20H21NO6/c1-26-20(25)16-7-14-8-18(23)19(24)9-15(14)17(21(16)12-22)11-27-10-13-5-3-2-4-6-13/h2-6,8-9,12,16-17,23-24H,7,10-11H2,1H3/t16-,17-/m0/s1. The number of phenolic OH excluding ortho intramolecular Hbond substituents is 2. The zero-order chi connectivity index (χ0) is 19.4. The summed E-state index contributed by atoms with van der Waals surface area (Å²) in [4.78, 5) is 25.3. The number of ether oxygens (including phenoxy) is 2. The average Bonchev–Trinajstić information content (AvgIpc) is 2.69. The van der Waals surface area contributed by atoms with Crippen molar-refractivity contribution in [2.24, 2.45) is 0 Å². The summed E-state index contributed by atoms with van der Waals surface area (Å²) in [6, 6.07) is 11.0. The molecule has 1 heterocycles. The Hall–Kier alpha value is -3.06. The van der Waals surface area contributed by atoms with Gasteiger partial charge in [0, 0.05) is 6.42 Å². The van der Waals surface area contributed by atoms with E-state index in [9.17, 15) is 19.8 Å². The van der Waals surface area contributed by atoms with Gasteiger partial charge in [-0.2, -0.15) is 0 Å². The molecule has 2 atom stereocenters. The van der Waals surface area contributed by atoms with E-state index in [4.69, 9.17) is 9.47 Å². The first kappa shape index (κ1) is 18.7. The highest BCUT2D eigenvalue weighted by atomic mass is 16.5. The third-order valence-electron chi connectivity index (χ3n) is 4.71. The molecule has 27 heavy (non-hydrogen) atoms. The van der Waals surface area contributed by atoms with Crippen LogP contribution in [0.5, 0.6) is 11.5 Å². The average molecular weight is 371 g/mol. The Morgan fingerprint density at radius 1 is 1.22 bits per heavy atom. The topological polar surface area (TPSA) is 96.3 Å². The number of fused-ring (bicyclic) bond motifs is 1. The normalized spacial score (nSPS) is 18.6. The van der Waals surface area contributed by atoms with Crippen LogP contribution < -0.4 is 0 Å². The zero-order valence-electron chi connectivity index (χ0n) is 14.9. The highest BCUT2D eigenvalue weighted by Gasteiger charge is 2.39. The summed E-state index contributed by atoms with van der Waals surface area (Å²) in [6.07, 6.45) is 0.773. The molecular formula is C20H21NO6. The van der Waals surface area contributed by atoms with Gasteiger partial charge in [-0.25, -0.2) is 4.79 Å². The molecule has 0 aliphatic carbocycles. The molecule has 2 aromatic carbocycles. The van der Waals surface area contributed by atoms with Crippen molar-refractivity contribution >= 4 is 12.4 Å². The summed E-state index contributed by atoms with van der Waals surface area (Å²) in [5.41, 5.74) is 2.27. The number of hydrogen-bond donors (Lipinski definition) is 2. The minimum Gasteiger partial charge on any atom is -0.504 e. The smallest absolute Gasteiger partial charge is 0.328 e. The summed E-state index contributed by atoms with van der Waals surface area (Å²) in [6.45, 7) is 0.463. The van der Waals surface area contributed by atoms with Crippen LogP contribution in [0.25, 0.3) is 0 Å². The molecule has 7 heteroatoms. The number of amides is 1. The maximum absolute atomic E-state index is 12.2. The van der Waals surface area contributed by atoms with Crippen molar-refractivity contribution in [3.05, 3.63) is 59.2 Å². The lowest BCUT2D eigenvalue weighted by Crippen LogP contribution is -2.49. The monoisotopic (exact) mass is 371 g/mol. The fraction of sp³-hybridized carbons (Fsp3) is 0.300. The summed E-state index contributed by atoms with van der Waals surface area (Å²) in [7, 11) is 1.26. The second-order valence-electron chi connectivity index (χ2n) is 6.35. The molecule has 0 aromatic heterocycles. The van der Waals surface area contributed by atoms with E-state index in [0.29, 0.717) is 24.1 Å². The van der Waals surface area contributed by atoms with Crippen LogP contribution in [0.3, 0.4) is 0 Å². The number of phenols is 2. The molecule has 0 fully saturated rings. The summed E-state index contributed by atoms with van der Waals surface area (Å²) >= 11 is 0. The third-order valence-corrected chi connectivity index (χ3v) is 4.71. The fourth-order valence-electron chi connectivity index (χ4n) is 3.34. The van der Waals surface area contributed by atoms with Gasteiger partial charge in [0.25, 0.3) is 0 Å². The van der Waals surface area contributed by atoms with Crippen LogP contribution in [0.15, 0.2) is 42.5 Å². The van der Waals surface area contributed by atoms with Crippen molar-refractivity contribution in [3.8, 4) is 11.5 Å². The number of esters is 1. The molecule has 2 aromatic rings. The van der Waals surface area contributed by atoms with E-state index >= 15 is 0 Å². The molecule has 0 unspecified atom stereocenters. The van der Waals surface area contributed by atoms with E-state index in [1.165, 1.54) is 24.1 Å². The van der Waals surface area contributed by atoms with Crippen molar-refractivity contribution < 1.29 is 29.3 Å². The van der Waals surface area contributed by atoms with Crippen molar-refractivity contribution in [2.45, 2.75) is 25.1 Å². The van der Waals surface area contributed by atoms with Gasteiger partial charge in [-0.1, -0.05) is 30.3 Å². The van der Waals surface area contributed by atoms with Gasteiger partial charge in [0.2, 0.25) is 6.41 Å². The molecule has 1 amide bonds. The lowest BCUT2D eigenvalue weighted by Gasteiger charge is -2.39. The zero-order valence-corrected chi connectivity index (χ0v) is 14.9. The maximum atomic E-state index is 12.2. The second-order valence-corrected chi connectivity index (χ2v) is 6.35. The number of methoxy groups -OCH3 is 1. The predicted octanol–water partition coefficient (Wildman–Crippen LogP) is 1.91. The molecule has 0 bridgehead atoms. The number of rotatable bonds is 6. The van der Waals surface area contributed by atoms with Gasteiger partial charge >= 0.3 is 5.97 Å². The Morgan fingerprint density at radius 2 is 1.93 bits per heavy atom. The first-order chi connectivity index (χ1) is 13.0. The largest absolute Gasteiger partial charge is 0.504 e. The quantitative estimate of drug-likeness (QED) is 0.457. The van der Waals surface area contributed by atoms with E-state index in [-0.39, 0.29) is 24.5 Å². The molecule has 0 spiro atoms. The van der Waals surface area contributed by atoms with Gasteiger partial charge in [-0.3, -0.25) is 4.79 Å². The minimum absolute atomic E-state index is 0.123. The first-order valence-corrected chi connectivity index (χ1v) is 8.52. The molecule has 0 saturated carbocycles. The summed E-state index contributed by atoms with van der Waals surface area (Å²) in [5.74, 6) is -1.11. The van der Waals surface area contributed by atoms with Gasteiger partial charge in [0.05, 0.1) is 26.4 Å². The van der Waals surface area contributed by atoms with Gasteiger partial charge in [-0.15, -0.1) is 0 Å². The Bertz CT molecular complexity index is 823. The third kappa shape index (κ3) is 3.88. The molecular weight excluding hydrogens is 350 g/mol. The number of hydrogen-bond acceptors (Lipinski definition) is 6. The van der Waals surface area contributed by atoms with Gasteiger partial charge in [0.1, 0.15) is 6.04 Å². The van der Waals surface area contributed by atoms with E-state index in [2.05, 4.69) is 0 Å². The lowest BCUT2D eigenvalue weighted by molar-refractivity contribution is -0.152. The van der Waals surface area contributed by atoms with Crippen LogP contribution in [0, 0.1) is 0 Å². The second kappa shape index (κ2) is 8.09. The van der Waals surface area contributed by atoms with E-state index < -0.39 is 18.1 Å². The van der Waals surface area contributed by atoms with Crippen LogP contribution in [0.4, 0.5) is 0 Å². The number of aromatic hydroxyl groups is 2. The molecule has 3 rings (SSSR count). The molecule has 2 N–H and O–H groups in total. The minimum atomic E-state index is -0.825. The maximum Gasteiger partial charge on any atom is 0.328 e. The van der Waals surface area contributed by atoms with Crippen molar-refractivity contribution in [3.63, 3.8) is 0 Å². The van der Waals surface area contributed by atoms with Gasteiger partial charge in [-0.05, 0) is 28.8 Å². The highest BCUT2D eigenvalue weighted by molar-refractivity contribution is 5.79. The van der Waals surface area contributed by atoms with Crippen LogP contribution >= 0.6 is 0 Å². The molecule has 0 saturated heterocycles. The van der Waals surface area contributed by atoms with Crippen LogP contribution in [0.1, 0.15) is 22.7 Å². The molecule has 0 radical (unpaired) electrons. The SMILES string of the molecule is COC(=O)[C@@H]1Cc2cc(O)c(O)cc2[C@H](COCc2ccccc2)N1C=O. The number of benzene rings is 2. The molecule has 7 nitrogen and oxygen atoms in total. The van der Waals surface area contributed by atoms with E-state index in [1.807, 2.05) is 30.3 Å². The highest BCUT2D eigenvalue weighted by Crippen LogP contribution is 2.39. The number of carbonyl (C=O) groups is 2. The van der Waals surface area contributed by atoms with Crippen LogP contribution in [0.2, 0.25) is 0 Å². The van der Waals surface area contributed by atoms with E-state index in [1.54, 1.807) is 0 Å². The molecule has 1 aliphatic rings. The summed E-state index contributed by atoms with van der Waals surface area (Å²) in [5, 5.41) is 19.7. The van der Waals surface area contributed by atoms with Crippen molar-refractivity contribution in [1.82, 2.24) is 4.90 Å². The van der Waals surface area contributed by atoms with Gasteiger partial charge in [0.15, 0.2) is 11.5 Å². The Morgan fingerprint density at radius 3 is 2.59 bits per heavy atom. The Labute approximate surface area is 156 Å². The van der Waals surface area contributed by atoms with Crippen LogP contribution in [-0.2, 0) is 32.1 Å². The van der Waals surface area contributed by atoms with E-state index in [0.717, 1.165) is 5.56 Å².